The number of amides is 3. The van der Waals surface area contributed by atoms with Crippen LogP contribution in [0.2, 0.25) is 0 Å². The van der Waals surface area contributed by atoms with E-state index in [2.05, 4.69) is 15.1 Å². The first kappa shape index (κ1) is 25.6. The Balaban J connectivity index is 1.07. The van der Waals surface area contributed by atoms with Gasteiger partial charge in [0.2, 0.25) is 5.91 Å². The van der Waals surface area contributed by atoms with Crippen molar-refractivity contribution >= 4 is 44.7 Å². The Morgan fingerprint density at radius 1 is 0.925 bits per heavy atom. The van der Waals surface area contributed by atoms with E-state index in [1.165, 1.54) is 0 Å². The van der Waals surface area contributed by atoms with Crippen molar-refractivity contribution in [3.8, 4) is 0 Å². The van der Waals surface area contributed by atoms with Crippen molar-refractivity contribution in [2.75, 3.05) is 52.4 Å². The predicted octanol–water partition coefficient (Wildman–Crippen LogP) is 2.66. The Bertz CT molecular complexity index is 1420. The number of para-hydroxylation sites is 2. The standard InChI is InChI=1S/C29H36N6O4S/c30-27(36)29-15-19-13-20(16-29)26(21(14-19)17-29)32-28(37)35-8-7-34(23-3-1-2-4-24(23)35)25-6-5-22(18-31-25)33-9-11-40(38,39)12-10-33/h1-6,18-21,26H,7-17H2,(H2,30,36)(H,32,37)/t19?,20-,21+,26?,29?. The number of nitrogens with two attached hydrogens (primary N) is 1. The van der Waals surface area contributed by atoms with Crippen molar-refractivity contribution in [1.82, 2.24) is 10.3 Å². The van der Waals surface area contributed by atoms with Crippen LogP contribution in [0, 0.1) is 23.2 Å². The first-order valence-electron chi connectivity index (χ1n) is 14.4. The Kier molecular flexibility index (Phi) is 5.99. The zero-order chi connectivity index (χ0) is 27.6. The molecule has 10 nitrogen and oxygen atoms in total. The molecule has 1 saturated heterocycles. The molecular formula is C29H36N6O4S. The summed E-state index contributed by atoms with van der Waals surface area (Å²) in [7, 11) is -2.94. The van der Waals surface area contributed by atoms with E-state index in [-0.39, 0.29) is 34.9 Å². The van der Waals surface area contributed by atoms with Crippen LogP contribution in [0.3, 0.4) is 0 Å². The van der Waals surface area contributed by atoms with Crippen LogP contribution in [-0.2, 0) is 14.6 Å². The molecule has 40 heavy (non-hydrogen) atoms. The Hall–Kier alpha value is -3.34. The van der Waals surface area contributed by atoms with Gasteiger partial charge in [-0.05, 0) is 74.1 Å². The summed E-state index contributed by atoms with van der Waals surface area (Å²) in [6.07, 6.45) is 6.44. The van der Waals surface area contributed by atoms with Gasteiger partial charge in [0.25, 0.3) is 0 Å². The van der Waals surface area contributed by atoms with E-state index in [4.69, 9.17) is 10.7 Å². The minimum Gasteiger partial charge on any atom is -0.369 e. The molecule has 0 radical (unpaired) electrons. The molecule has 4 bridgehead atoms. The number of carbonyl (C=O) groups is 2. The van der Waals surface area contributed by atoms with Gasteiger partial charge < -0.3 is 20.9 Å². The summed E-state index contributed by atoms with van der Waals surface area (Å²) in [5.41, 5.74) is 8.17. The minimum absolute atomic E-state index is 0.0824. The van der Waals surface area contributed by atoms with E-state index < -0.39 is 9.84 Å². The maximum Gasteiger partial charge on any atom is 0.322 e. The van der Waals surface area contributed by atoms with Crippen molar-refractivity contribution in [3.63, 3.8) is 0 Å². The fourth-order valence-electron chi connectivity index (χ4n) is 8.29. The molecule has 11 heteroatoms. The average Bonchev–Trinajstić information content (AvgIpc) is 2.94. The molecular weight excluding hydrogens is 528 g/mol. The third-order valence-corrected chi connectivity index (χ3v) is 11.7. The molecule has 3 unspecified atom stereocenters. The minimum atomic E-state index is -2.94. The number of hydrogen-bond acceptors (Lipinski definition) is 7. The number of primary amides is 1. The van der Waals surface area contributed by atoms with E-state index in [1.807, 2.05) is 41.3 Å². The molecule has 3 amide bonds. The lowest BCUT2D eigenvalue weighted by molar-refractivity contribution is -0.145. The Morgan fingerprint density at radius 3 is 2.27 bits per heavy atom. The van der Waals surface area contributed by atoms with Crippen LogP contribution >= 0.6 is 0 Å². The number of urea groups is 1. The normalized spacial score (nSPS) is 32.0. The molecule has 2 aliphatic heterocycles. The second-order valence-corrected chi connectivity index (χ2v) is 14.7. The summed E-state index contributed by atoms with van der Waals surface area (Å²) in [6, 6.07) is 11.9. The summed E-state index contributed by atoms with van der Waals surface area (Å²) >= 11 is 0. The quantitative estimate of drug-likeness (QED) is 0.584. The number of anilines is 4. The SMILES string of the molecule is NC(=O)C12CC3C[C@H](C1)C(NC(=O)N1CCN(c4ccc(N5CCS(=O)(=O)CC5)cn4)c4ccccc41)[C@@H](C3)C2. The molecule has 1 aromatic carbocycles. The van der Waals surface area contributed by atoms with Crippen molar-refractivity contribution in [2.45, 2.75) is 38.1 Å². The van der Waals surface area contributed by atoms with Crippen LogP contribution < -0.4 is 25.8 Å². The highest BCUT2D eigenvalue weighted by molar-refractivity contribution is 7.91. The first-order valence-corrected chi connectivity index (χ1v) is 16.2. The van der Waals surface area contributed by atoms with E-state index in [0.29, 0.717) is 43.9 Å². The summed E-state index contributed by atoms with van der Waals surface area (Å²) in [6.45, 7) is 2.08. The smallest absolute Gasteiger partial charge is 0.322 e. The van der Waals surface area contributed by atoms with Gasteiger partial charge in [-0.1, -0.05) is 12.1 Å². The van der Waals surface area contributed by atoms with Crippen molar-refractivity contribution < 1.29 is 18.0 Å². The van der Waals surface area contributed by atoms with Gasteiger partial charge in [-0.25, -0.2) is 18.2 Å². The molecule has 5 atom stereocenters. The Labute approximate surface area is 234 Å². The van der Waals surface area contributed by atoms with Crippen LogP contribution in [0.5, 0.6) is 0 Å². The number of aromatic nitrogens is 1. The number of rotatable bonds is 4. The monoisotopic (exact) mass is 564 g/mol. The van der Waals surface area contributed by atoms with Gasteiger partial charge in [0, 0.05) is 37.6 Å². The molecule has 8 rings (SSSR count). The molecule has 3 N–H and O–H groups in total. The van der Waals surface area contributed by atoms with Gasteiger partial charge >= 0.3 is 6.03 Å². The van der Waals surface area contributed by atoms with Gasteiger partial charge in [0.15, 0.2) is 9.84 Å². The molecule has 0 spiro atoms. The lowest BCUT2D eigenvalue weighted by atomic mass is 9.47. The zero-order valence-electron chi connectivity index (χ0n) is 22.5. The van der Waals surface area contributed by atoms with Crippen LogP contribution in [0.4, 0.5) is 27.7 Å². The summed E-state index contributed by atoms with van der Waals surface area (Å²) in [4.78, 5) is 36.8. The third kappa shape index (κ3) is 4.29. The first-order chi connectivity index (χ1) is 19.2. The number of nitrogens with zero attached hydrogens (tertiary/aromatic N) is 4. The lowest BCUT2D eigenvalue weighted by Crippen LogP contribution is -2.63. The van der Waals surface area contributed by atoms with Crippen LogP contribution in [-0.4, -0.2) is 69.1 Å². The van der Waals surface area contributed by atoms with Crippen molar-refractivity contribution in [1.29, 1.82) is 0 Å². The number of sulfone groups is 1. The summed E-state index contributed by atoms with van der Waals surface area (Å²) in [5, 5.41) is 3.39. The molecule has 4 aliphatic carbocycles. The molecule has 4 saturated carbocycles. The third-order valence-electron chi connectivity index (χ3n) is 10.1. The molecule has 2 aromatic rings. The number of carbonyl (C=O) groups excluding carboxylic acids is 2. The number of hydrogen-bond donors (Lipinski definition) is 2. The second-order valence-electron chi connectivity index (χ2n) is 12.4. The fraction of sp³-hybridized carbons (Fsp3) is 0.552. The number of pyridine rings is 1. The molecule has 1 aromatic heterocycles. The number of fused-ring (bicyclic) bond motifs is 1. The highest BCUT2D eigenvalue weighted by Crippen LogP contribution is 2.60. The molecule has 212 valence electrons. The molecule has 5 fully saturated rings. The van der Waals surface area contributed by atoms with Crippen LogP contribution in [0.1, 0.15) is 32.1 Å². The van der Waals surface area contributed by atoms with Crippen molar-refractivity contribution in [3.05, 3.63) is 42.6 Å². The maximum absolute atomic E-state index is 13.7. The number of benzene rings is 1. The zero-order valence-corrected chi connectivity index (χ0v) is 23.4. The summed E-state index contributed by atoms with van der Waals surface area (Å²) < 4.78 is 23.6. The highest BCUT2D eigenvalue weighted by Gasteiger charge is 2.58. The molecule has 3 heterocycles. The summed E-state index contributed by atoms with van der Waals surface area (Å²) in [5.74, 6) is 2.13. The van der Waals surface area contributed by atoms with Gasteiger partial charge in [-0.2, -0.15) is 0 Å². The predicted molar refractivity (Wildman–Crippen MR) is 153 cm³/mol. The highest BCUT2D eigenvalue weighted by atomic mass is 32.2. The van der Waals surface area contributed by atoms with Crippen LogP contribution in [0.15, 0.2) is 42.6 Å². The molecule has 6 aliphatic rings. The van der Waals surface area contributed by atoms with E-state index in [9.17, 15) is 18.0 Å². The second kappa shape index (κ2) is 9.36. The van der Waals surface area contributed by atoms with E-state index in [0.717, 1.165) is 55.0 Å². The number of nitrogens with one attached hydrogen (secondary N) is 1. The van der Waals surface area contributed by atoms with Gasteiger partial charge in [-0.3, -0.25) is 9.69 Å². The van der Waals surface area contributed by atoms with Crippen LogP contribution in [0.25, 0.3) is 0 Å². The van der Waals surface area contributed by atoms with Gasteiger partial charge in [0.1, 0.15) is 5.82 Å². The van der Waals surface area contributed by atoms with Gasteiger partial charge in [-0.15, -0.1) is 0 Å². The van der Waals surface area contributed by atoms with Crippen molar-refractivity contribution in [2.24, 2.45) is 28.9 Å². The Morgan fingerprint density at radius 2 is 1.62 bits per heavy atom. The average molecular weight is 565 g/mol. The topological polar surface area (TPSA) is 129 Å². The van der Waals surface area contributed by atoms with Gasteiger partial charge in [0.05, 0.1) is 34.8 Å². The van der Waals surface area contributed by atoms with E-state index in [1.54, 1.807) is 6.20 Å². The van der Waals surface area contributed by atoms with E-state index >= 15 is 0 Å². The maximum atomic E-state index is 13.7. The fourth-order valence-corrected chi connectivity index (χ4v) is 9.49. The largest absolute Gasteiger partial charge is 0.369 e. The lowest BCUT2D eigenvalue weighted by Gasteiger charge is -2.59.